The third kappa shape index (κ3) is 3.77. The van der Waals surface area contributed by atoms with E-state index in [1.165, 1.54) is 12.8 Å². The Labute approximate surface area is 79.8 Å². The Balaban J connectivity index is 2.07. The molecule has 0 heterocycles. The van der Waals surface area contributed by atoms with E-state index >= 15 is 0 Å². The van der Waals surface area contributed by atoms with Crippen LogP contribution in [0.1, 0.15) is 32.6 Å². The minimum Gasteiger partial charge on any atom is -0.465 e. The van der Waals surface area contributed by atoms with Crippen molar-refractivity contribution in [3.05, 3.63) is 0 Å². The predicted octanol–water partition coefficient (Wildman–Crippen LogP) is 1.33. The largest absolute Gasteiger partial charge is 0.465 e. The van der Waals surface area contributed by atoms with Crippen LogP contribution >= 0.6 is 0 Å². The van der Waals surface area contributed by atoms with Crippen LogP contribution in [0.2, 0.25) is 0 Å². The number of nitrogens with one attached hydrogen (secondary N) is 1. The van der Waals surface area contributed by atoms with Crippen LogP contribution in [0.15, 0.2) is 0 Å². The Morgan fingerprint density at radius 3 is 2.77 bits per heavy atom. The summed E-state index contributed by atoms with van der Waals surface area (Å²) >= 11 is 0. The second-order valence-electron chi connectivity index (χ2n) is 3.65. The van der Waals surface area contributed by atoms with E-state index in [1.54, 1.807) is 7.05 Å². The number of likely N-dealkylation sites (N-methyl/N-ethyl adjacent to an activating group) is 1. The van der Waals surface area contributed by atoms with E-state index < -0.39 is 0 Å². The molecule has 3 heteroatoms. The molecule has 1 unspecified atom stereocenters. The number of hydrogen-bond acceptors (Lipinski definition) is 3. The van der Waals surface area contributed by atoms with Crippen molar-refractivity contribution in [2.45, 2.75) is 38.6 Å². The van der Waals surface area contributed by atoms with Gasteiger partial charge in [0, 0.05) is 0 Å². The van der Waals surface area contributed by atoms with Gasteiger partial charge in [0.15, 0.2) is 0 Å². The van der Waals surface area contributed by atoms with Gasteiger partial charge in [-0.3, -0.25) is 4.79 Å². The maximum absolute atomic E-state index is 11.3. The fourth-order valence-electron chi connectivity index (χ4n) is 1.32. The molecule has 76 valence electrons. The first-order chi connectivity index (χ1) is 6.27. The highest BCUT2D eigenvalue weighted by molar-refractivity contribution is 5.75. The number of ether oxygens (including phenoxy) is 1. The van der Waals surface area contributed by atoms with Gasteiger partial charge in [-0.2, -0.15) is 0 Å². The summed E-state index contributed by atoms with van der Waals surface area (Å²) in [6.45, 7) is 2.57. The minimum absolute atomic E-state index is 0.106. The van der Waals surface area contributed by atoms with Crippen molar-refractivity contribution in [3.8, 4) is 0 Å². The van der Waals surface area contributed by atoms with E-state index in [-0.39, 0.29) is 12.0 Å². The van der Waals surface area contributed by atoms with Gasteiger partial charge in [-0.15, -0.1) is 0 Å². The number of carbonyl (C=O) groups is 1. The first-order valence-electron chi connectivity index (χ1n) is 5.11. The zero-order chi connectivity index (χ0) is 9.68. The highest BCUT2D eigenvalue weighted by Crippen LogP contribution is 2.32. The Hall–Kier alpha value is -0.570. The van der Waals surface area contributed by atoms with Crippen LogP contribution in [0.5, 0.6) is 0 Å². The van der Waals surface area contributed by atoms with Gasteiger partial charge < -0.3 is 10.1 Å². The molecule has 1 atom stereocenters. The summed E-state index contributed by atoms with van der Waals surface area (Å²) in [5.74, 6) is 0.730. The van der Waals surface area contributed by atoms with Crippen LogP contribution in [0.25, 0.3) is 0 Å². The number of esters is 1. The SMILES string of the molecule is CCC(NC)C(=O)OCCC1CC1. The Bertz CT molecular complexity index is 162. The second-order valence-corrected chi connectivity index (χ2v) is 3.65. The van der Waals surface area contributed by atoms with E-state index in [9.17, 15) is 4.79 Å². The molecular formula is C10H19NO2. The Morgan fingerprint density at radius 2 is 2.31 bits per heavy atom. The normalized spacial score (nSPS) is 18.3. The van der Waals surface area contributed by atoms with Gasteiger partial charge in [-0.25, -0.2) is 0 Å². The van der Waals surface area contributed by atoms with Crippen molar-refractivity contribution in [3.63, 3.8) is 0 Å². The summed E-state index contributed by atoms with van der Waals surface area (Å²) in [6, 6.07) is -0.126. The lowest BCUT2D eigenvalue weighted by atomic mass is 10.2. The molecule has 0 saturated heterocycles. The number of hydrogen-bond donors (Lipinski definition) is 1. The average Bonchev–Trinajstić information content (AvgIpc) is 2.90. The summed E-state index contributed by atoms with van der Waals surface area (Å²) in [4.78, 5) is 11.3. The quantitative estimate of drug-likeness (QED) is 0.634. The van der Waals surface area contributed by atoms with Gasteiger partial charge in [0.2, 0.25) is 0 Å². The second kappa shape index (κ2) is 5.22. The van der Waals surface area contributed by atoms with Gasteiger partial charge >= 0.3 is 5.97 Å². The molecule has 13 heavy (non-hydrogen) atoms. The molecule has 0 bridgehead atoms. The zero-order valence-corrected chi connectivity index (χ0v) is 8.51. The van der Waals surface area contributed by atoms with Gasteiger partial charge in [0.1, 0.15) is 6.04 Å². The third-order valence-electron chi connectivity index (χ3n) is 2.51. The predicted molar refractivity (Wildman–Crippen MR) is 51.4 cm³/mol. The summed E-state index contributed by atoms with van der Waals surface area (Å²) in [5, 5.41) is 2.93. The van der Waals surface area contributed by atoms with Gasteiger partial charge in [0.05, 0.1) is 6.61 Å². The van der Waals surface area contributed by atoms with Gasteiger partial charge in [-0.05, 0) is 25.8 Å². The van der Waals surface area contributed by atoms with E-state index in [0.717, 1.165) is 18.8 Å². The molecule has 0 aromatic carbocycles. The fraction of sp³-hybridized carbons (Fsp3) is 0.900. The van der Waals surface area contributed by atoms with E-state index in [0.29, 0.717) is 6.61 Å². The third-order valence-corrected chi connectivity index (χ3v) is 2.51. The van der Waals surface area contributed by atoms with Crippen molar-refractivity contribution in [2.75, 3.05) is 13.7 Å². The van der Waals surface area contributed by atoms with Crippen LogP contribution in [-0.2, 0) is 9.53 Å². The molecule has 0 aliphatic heterocycles. The van der Waals surface area contributed by atoms with Crippen molar-refractivity contribution >= 4 is 5.97 Å². The highest BCUT2D eigenvalue weighted by atomic mass is 16.5. The first-order valence-corrected chi connectivity index (χ1v) is 5.11. The van der Waals surface area contributed by atoms with Crippen molar-refractivity contribution in [2.24, 2.45) is 5.92 Å². The number of carbonyl (C=O) groups excluding carboxylic acids is 1. The highest BCUT2D eigenvalue weighted by Gasteiger charge is 2.22. The van der Waals surface area contributed by atoms with Crippen molar-refractivity contribution in [1.82, 2.24) is 5.32 Å². The van der Waals surface area contributed by atoms with Gasteiger partial charge in [-0.1, -0.05) is 19.8 Å². The lowest BCUT2D eigenvalue weighted by Crippen LogP contribution is -2.35. The van der Waals surface area contributed by atoms with Crippen molar-refractivity contribution < 1.29 is 9.53 Å². The molecule has 3 nitrogen and oxygen atoms in total. The summed E-state index contributed by atoms with van der Waals surface area (Å²) in [5.41, 5.74) is 0. The van der Waals surface area contributed by atoms with E-state index in [1.807, 2.05) is 6.92 Å². The summed E-state index contributed by atoms with van der Waals surface area (Å²) < 4.78 is 5.14. The standard InChI is InChI=1S/C10H19NO2/c1-3-9(11-2)10(12)13-7-6-8-4-5-8/h8-9,11H,3-7H2,1-2H3. The molecule has 0 spiro atoms. The molecule has 1 rings (SSSR count). The molecule has 1 aliphatic carbocycles. The average molecular weight is 185 g/mol. The Kier molecular flexibility index (Phi) is 4.22. The maximum atomic E-state index is 11.3. The molecule has 1 saturated carbocycles. The van der Waals surface area contributed by atoms with E-state index in [4.69, 9.17) is 4.74 Å². The molecule has 0 aromatic rings. The van der Waals surface area contributed by atoms with Crippen LogP contribution in [0.3, 0.4) is 0 Å². The smallest absolute Gasteiger partial charge is 0.323 e. The maximum Gasteiger partial charge on any atom is 0.323 e. The molecule has 0 aromatic heterocycles. The molecular weight excluding hydrogens is 166 g/mol. The van der Waals surface area contributed by atoms with Crippen LogP contribution in [0, 0.1) is 5.92 Å². The lowest BCUT2D eigenvalue weighted by Gasteiger charge is -2.12. The van der Waals surface area contributed by atoms with Crippen LogP contribution < -0.4 is 5.32 Å². The molecule has 1 fully saturated rings. The van der Waals surface area contributed by atoms with Crippen molar-refractivity contribution in [1.29, 1.82) is 0 Å². The van der Waals surface area contributed by atoms with E-state index in [2.05, 4.69) is 5.32 Å². The Morgan fingerprint density at radius 1 is 1.62 bits per heavy atom. The molecule has 1 aliphatic rings. The number of rotatable bonds is 6. The van der Waals surface area contributed by atoms with Crippen LogP contribution in [0.4, 0.5) is 0 Å². The summed E-state index contributed by atoms with van der Waals surface area (Å²) in [6.07, 6.45) is 4.48. The zero-order valence-electron chi connectivity index (χ0n) is 8.51. The molecule has 1 N–H and O–H groups in total. The lowest BCUT2D eigenvalue weighted by molar-refractivity contribution is -0.146. The molecule has 0 radical (unpaired) electrons. The minimum atomic E-state index is -0.126. The monoisotopic (exact) mass is 185 g/mol. The first kappa shape index (κ1) is 10.5. The topological polar surface area (TPSA) is 38.3 Å². The summed E-state index contributed by atoms with van der Waals surface area (Å²) in [7, 11) is 1.79. The molecule has 0 amide bonds. The van der Waals surface area contributed by atoms with Crippen LogP contribution in [-0.4, -0.2) is 25.7 Å². The van der Waals surface area contributed by atoms with Gasteiger partial charge in [0.25, 0.3) is 0 Å². The fourth-order valence-corrected chi connectivity index (χ4v) is 1.32.